The number of rotatable bonds is 6. The molecule has 0 saturated carbocycles. The number of nitrogens with one attached hydrogen (secondary N) is 2. The van der Waals surface area contributed by atoms with Gasteiger partial charge in [-0.05, 0) is 30.2 Å². The van der Waals surface area contributed by atoms with Gasteiger partial charge in [-0.2, -0.15) is 0 Å². The average molecular weight is 244 g/mol. The smallest absolute Gasteiger partial charge is 0.110 e. The molecule has 2 rings (SSSR count). The molecule has 4 heteroatoms. The van der Waals surface area contributed by atoms with Crippen molar-refractivity contribution in [1.29, 1.82) is 0 Å². The van der Waals surface area contributed by atoms with Crippen LogP contribution in [0.25, 0.3) is 0 Å². The maximum atomic E-state index is 4.39. The Hall–Kier alpha value is -1.68. The molecule has 2 N–H and O–H groups in total. The Labute approximate surface area is 108 Å². The Morgan fingerprint density at radius 1 is 1.28 bits per heavy atom. The molecule has 4 nitrogen and oxygen atoms in total. The third kappa shape index (κ3) is 3.96. The van der Waals surface area contributed by atoms with Crippen molar-refractivity contribution in [3.8, 4) is 0 Å². The minimum Gasteiger partial charge on any atom is -0.345 e. The van der Waals surface area contributed by atoms with E-state index in [0.717, 1.165) is 31.0 Å². The van der Waals surface area contributed by atoms with Crippen LogP contribution in [0.3, 0.4) is 0 Å². The molecule has 0 amide bonds. The summed E-state index contributed by atoms with van der Waals surface area (Å²) in [5.74, 6) is 1.67. The zero-order valence-corrected chi connectivity index (χ0v) is 11.0. The van der Waals surface area contributed by atoms with Gasteiger partial charge in [0.25, 0.3) is 0 Å². The molecular formula is C14H20N4. The highest BCUT2D eigenvalue weighted by Crippen LogP contribution is 2.05. The van der Waals surface area contributed by atoms with Gasteiger partial charge < -0.3 is 10.3 Å². The molecule has 0 aromatic carbocycles. The van der Waals surface area contributed by atoms with Gasteiger partial charge in [-0.25, -0.2) is 4.98 Å². The number of pyridine rings is 1. The number of hydrogen-bond acceptors (Lipinski definition) is 3. The van der Waals surface area contributed by atoms with E-state index in [1.54, 1.807) is 0 Å². The average Bonchev–Trinajstić information content (AvgIpc) is 2.78. The molecule has 2 aromatic rings. The Bertz CT molecular complexity index is 462. The normalized spacial score (nSPS) is 11.1. The minimum absolute atomic E-state index is 0.671. The van der Waals surface area contributed by atoms with Gasteiger partial charge in [0.05, 0.1) is 0 Å². The van der Waals surface area contributed by atoms with Gasteiger partial charge in [-0.15, -0.1) is 0 Å². The van der Waals surface area contributed by atoms with E-state index in [1.807, 2.05) is 30.7 Å². The van der Waals surface area contributed by atoms with Crippen LogP contribution >= 0.6 is 0 Å². The van der Waals surface area contributed by atoms with Crippen LogP contribution in [0.2, 0.25) is 0 Å². The number of imidazole rings is 1. The molecule has 0 unspecified atom stereocenters. The summed E-state index contributed by atoms with van der Waals surface area (Å²) in [6.07, 6.45) is 6.35. The van der Waals surface area contributed by atoms with Crippen molar-refractivity contribution in [2.24, 2.45) is 5.92 Å². The molecule has 0 atom stereocenters. The first kappa shape index (κ1) is 12.8. The first-order valence-electron chi connectivity index (χ1n) is 6.36. The van der Waals surface area contributed by atoms with Crippen LogP contribution in [0.5, 0.6) is 0 Å². The van der Waals surface area contributed by atoms with E-state index in [-0.39, 0.29) is 0 Å². The lowest BCUT2D eigenvalue weighted by Gasteiger charge is -2.05. The third-order valence-electron chi connectivity index (χ3n) is 2.67. The topological polar surface area (TPSA) is 53.6 Å². The quantitative estimate of drug-likeness (QED) is 0.818. The lowest BCUT2D eigenvalue weighted by Crippen LogP contribution is -2.19. The summed E-state index contributed by atoms with van der Waals surface area (Å²) in [6.45, 7) is 6.28. The Kier molecular flexibility index (Phi) is 4.47. The summed E-state index contributed by atoms with van der Waals surface area (Å²) in [5, 5.41) is 3.40. The molecule has 0 spiro atoms. The Balaban J connectivity index is 1.86. The maximum absolute atomic E-state index is 4.39. The minimum atomic E-state index is 0.671. The van der Waals surface area contributed by atoms with Crippen LogP contribution in [0, 0.1) is 5.92 Å². The van der Waals surface area contributed by atoms with E-state index in [0.29, 0.717) is 5.92 Å². The fourth-order valence-corrected chi connectivity index (χ4v) is 1.77. The first-order valence-corrected chi connectivity index (χ1v) is 6.36. The standard InChI is InChI=1S/C14H20N4/c1-11(2)8-16-9-13-10-17-14(18-13)7-12-3-5-15-6-4-12/h3-6,10-11,16H,7-9H2,1-2H3,(H,17,18). The van der Waals surface area contributed by atoms with Crippen LogP contribution < -0.4 is 5.32 Å². The number of nitrogens with zero attached hydrogens (tertiary/aromatic N) is 2. The van der Waals surface area contributed by atoms with Crippen LogP contribution in [-0.4, -0.2) is 21.5 Å². The van der Waals surface area contributed by atoms with Crippen molar-refractivity contribution in [1.82, 2.24) is 20.3 Å². The monoisotopic (exact) mass is 244 g/mol. The maximum Gasteiger partial charge on any atom is 0.110 e. The highest BCUT2D eigenvalue weighted by molar-refractivity contribution is 5.16. The van der Waals surface area contributed by atoms with Crippen LogP contribution in [0.1, 0.15) is 30.9 Å². The predicted octanol–water partition coefficient (Wildman–Crippen LogP) is 2.14. The molecule has 0 saturated heterocycles. The van der Waals surface area contributed by atoms with Gasteiger partial charge in [0.15, 0.2) is 0 Å². The summed E-state index contributed by atoms with van der Waals surface area (Å²) in [4.78, 5) is 11.7. The van der Waals surface area contributed by atoms with Crippen molar-refractivity contribution < 1.29 is 0 Å². The highest BCUT2D eigenvalue weighted by atomic mass is 15.0. The Morgan fingerprint density at radius 3 is 2.78 bits per heavy atom. The van der Waals surface area contributed by atoms with Gasteiger partial charge in [0.2, 0.25) is 0 Å². The van der Waals surface area contributed by atoms with Gasteiger partial charge >= 0.3 is 0 Å². The summed E-state index contributed by atoms with van der Waals surface area (Å²) >= 11 is 0. The molecule has 0 aliphatic rings. The van der Waals surface area contributed by atoms with Crippen molar-refractivity contribution in [2.45, 2.75) is 26.8 Å². The SMILES string of the molecule is CC(C)CNCc1cnc(Cc2ccncc2)[nH]1. The molecule has 0 radical (unpaired) electrons. The molecule has 2 aromatic heterocycles. The van der Waals surface area contributed by atoms with E-state index in [2.05, 4.69) is 34.1 Å². The highest BCUT2D eigenvalue weighted by Gasteiger charge is 2.02. The molecular weight excluding hydrogens is 224 g/mol. The van der Waals surface area contributed by atoms with E-state index in [4.69, 9.17) is 0 Å². The lowest BCUT2D eigenvalue weighted by molar-refractivity contribution is 0.548. The van der Waals surface area contributed by atoms with E-state index < -0.39 is 0 Å². The number of aromatic amines is 1. The third-order valence-corrected chi connectivity index (χ3v) is 2.67. The van der Waals surface area contributed by atoms with Crippen molar-refractivity contribution in [3.05, 3.63) is 47.8 Å². The van der Waals surface area contributed by atoms with Gasteiger partial charge in [0, 0.05) is 37.3 Å². The van der Waals surface area contributed by atoms with Crippen molar-refractivity contribution >= 4 is 0 Å². The zero-order valence-electron chi connectivity index (χ0n) is 11.0. The van der Waals surface area contributed by atoms with Crippen LogP contribution in [0.15, 0.2) is 30.7 Å². The molecule has 18 heavy (non-hydrogen) atoms. The predicted molar refractivity (Wildman–Crippen MR) is 72.2 cm³/mol. The number of hydrogen-bond donors (Lipinski definition) is 2. The second-order valence-corrected chi connectivity index (χ2v) is 4.91. The van der Waals surface area contributed by atoms with Crippen LogP contribution in [-0.2, 0) is 13.0 Å². The number of H-pyrrole nitrogens is 1. The molecule has 2 heterocycles. The first-order chi connectivity index (χ1) is 8.74. The van der Waals surface area contributed by atoms with Crippen LogP contribution in [0.4, 0.5) is 0 Å². The lowest BCUT2D eigenvalue weighted by atomic mass is 10.2. The van der Waals surface area contributed by atoms with E-state index in [9.17, 15) is 0 Å². The van der Waals surface area contributed by atoms with E-state index >= 15 is 0 Å². The fraction of sp³-hybridized carbons (Fsp3) is 0.429. The summed E-state index contributed by atoms with van der Waals surface area (Å²) < 4.78 is 0. The summed E-state index contributed by atoms with van der Waals surface area (Å²) in [5.41, 5.74) is 2.36. The van der Waals surface area contributed by atoms with Crippen molar-refractivity contribution in [2.75, 3.05) is 6.54 Å². The number of aromatic nitrogens is 3. The fourth-order valence-electron chi connectivity index (χ4n) is 1.77. The largest absolute Gasteiger partial charge is 0.345 e. The molecule has 0 bridgehead atoms. The summed E-state index contributed by atoms with van der Waals surface area (Å²) in [6, 6.07) is 4.03. The molecule has 0 fully saturated rings. The van der Waals surface area contributed by atoms with Gasteiger partial charge in [-0.1, -0.05) is 13.8 Å². The second kappa shape index (κ2) is 6.31. The van der Waals surface area contributed by atoms with Crippen molar-refractivity contribution in [3.63, 3.8) is 0 Å². The molecule has 0 aliphatic carbocycles. The van der Waals surface area contributed by atoms with Gasteiger partial charge in [-0.3, -0.25) is 4.98 Å². The zero-order chi connectivity index (χ0) is 12.8. The Morgan fingerprint density at radius 2 is 2.06 bits per heavy atom. The van der Waals surface area contributed by atoms with Gasteiger partial charge in [0.1, 0.15) is 5.82 Å². The molecule has 96 valence electrons. The molecule has 0 aliphatic heterocycles. The summed E-state index contributed by atoms with van der Waals surface area (Å²) in [7, 11) is 0. The van der Waals surface area contributed by atoms with E-state index in [1.165, 1.54) is 5.56 Å². The second-order valence-electron chi connectivity index (χ2n) is 4.91.